The monoisotopic (exact) mass is 381 g/mol. The van der Waals surface area contributed by atoms with Gasteiger partial charge in [-0.25, -0.2) is 4.79 Å². The molecule has 26 heavy (non-hydrogen) atoms. The van der Waals surface area contributed by atoms with Crippen molar-refractivity contribution in [3.63, 3.8) is 0 Å². The summed E-state index contributed by atoms with van der Waals surface area (Å²) in [6, 6.07) is 7.51. The highest BCUT2D eigenvalue weighted by Crippen LogP contribution is 2.21. The van der Waals surface area contributed by atoms with Gasteiger partial charge in [-0.2, -0.15) is 0 Å². The zero-order chi connectivity index (χ0) is 19.3. The normalized spacial score (nSPS) is 19.5. The van der Waals surface area contributed by atoms with Crippen LogP contribution in [0.15, 0.2) is 24.3 Å². The van der Waals surface area contributed by atoms with Gasteiger partial charge in [0.1, 0.15) is 0 Å². The molecule has 1 heterocycles. The van der Waals surface area contributed by atoms with Gasteiger partial charge in [-0.05, 0) is 71.3 Å². The van der Waals surface area contributed by atoms with E-state index in [1.165, 1.54) is 4.90 Å². The molecule has 1 unspecified atom stereocenters. The van der Waals surface area contributed by atoms with E-state index in [0.717, 1.165) is 39.0 Å². The number of halogens is 1. The van der Waals surface area contributed by atoms with E-state index in [4.69, 9.17) is 11.6 Å². The molecule has 0 aromatic heterocycles. The van der Waals surface area contributed by atoms with Crippen molar-refractivity contribution in [3.8, 4) is 0 Å². The molecule has 0 bridgehead atoms. The number of hydrogen-bond acceptors (Lipinski definition) is 3. The Morgan fingerprint density at radius 1 is 1.23 bits per heavy atom. The van der Waals surface area contributed by atoms with E-state index in [2.05, 4.69) is 37.5 Å². The highest BCUT2D eigenvalue weighted by atomic mass is 35.5. The van der Waals surface area contributed by atoms with Gasteiger partial charge < -0.3 is 10.0 Å². The van der Waals surface area contributed by atoms with Gasteiger partial charge >= 0.3 is 6.09 Å². The first kappa shape index (κ1) is 21.0. The second-order valence-electron chi connectivity index (χ2n) is 8.13. The maximum atomic E-state index is 11.5. The molecule has 0 aliphatic carbocycles. The second kappa shape index (κ2) is 9.07. The minimum absolute atomic E-state index is 0.214. The largest absolute Gasteiger partial charge is 0.465 e. The quantitative estimate of drug-likeness (QED) is 0.741. The van der Waals surface area contributed by atoms with Crippen molar-refractivity contribution >= 4 is 23.4 Å². The SMILES string of the molecule is CC1CN(CCCCN(C(=O)O)c2ccc(Cl)cc2)CCN1C(C)(C)C. The fourth-order valence-electron chi connectivity index (χ4n) is 3.79. The number of carboxylic acid groups (broad SMARTS) is 1. The Hall–Kier alpha value is -1.30. The van der Waals surface area contributed by atoms with Crippen molar-refractivity contribution in [1.29, 1.82) is 0 Å². The summed E-state index contributed by atoms with van der Waals surface area (Å²) >= 11 is 5.88. The number of unbranched alkanes of at least 4 members (excludes halogenated alkanes) is 1. The predicted octanol–water partition coefficient (Wildman–Crippen LogP) is 4.41. The summed E-state index contributed by atoms with van der Waals surface area (Å²) in [5.41, 5.74) is 0.890. The summed E-state index contributed by atoms with van der Waals surface area (Å²) in [5.74, 6) is 0. The van der Waals surface area contributed by atoms with Crippen molar-refractivity contribution in [2.24, 2.45) is 0 Å². The van der Waals surface area contributed by atoms with E-state index < -0.39 is 6.09 Å². The molecule has 0 spiro atoms. The van der Waals surface area contributed by atoms with E-state index in [-0.39, 0.29) is 5.54 Å². The summed E-state index contributed by atoms with van der Waals surface area (Å²) in [7, 11) is 0. The lowest BCUT2D eigenvalue weighted by molar-refractivity contribution is 0.0177. The summed E-state index contributed by atoms with van der Waals surface area (Å²) in [6.07, 6.45) is 0.933. The van der Waals surface area contributed by atoms with Crippen molar-refractivity contribution in [2.75, 3.05) is 37.6 Å². The minimum Gasteiger partial charge on any atom is -0.465 e. The number of carbonyl (C=O) groups is 1. The Labute approximate surface area is 162 Å². The molecule has 2 rings (SSSR count). The summed E-state index contributed by atoms with van der Waals surface area (Å²) in [6.45, 7) is 13.9. The number of nitrogens with zero attached hydrogens (tertiary/aromatic N) is 3. The van der Waals surface area contributed by atoms with E-state index >= 15 is 0 Å². The molecule has 1 aromatic rings. The fraction of sp³-hybridized carbons (Fsp3) is 0.650. The maximum Gasteiger partial charge on any atom is 0.411 e. The molecule has 1 atom stereocenters. The van der Waals surface area contributed by atoms with E-state index in [1.807, 2.05) is 0 Å². The number of amides is 1. The van der Waals surface area contributed by atoms with E-state index in [1.54, 1.807) is 24.3 Å². The highest BCUT2D eigenvalue weighted by molar-refractivity contribution is 6.30. The number of benzene rings is 1. The Bertz CT molecular complexity index is 586. The smallest absolute Gasteiger partial charge is 0.411 e. The average Bonchev–Trinajstić information content (AvgIpc) is 2.54. The molecule has 1 amide bonds. The van der Waals surface area contributed by atoms with Gasteiger partial charge in [0.25, 0.3) is 0 Å². The summed E-state index contributed by atoms with van der Waals surface area (Å²) in [5, 5.41) is 10.1. The first-order chi connectivity index (χ1) is 12.2. The van der Waals surface area contributed by atoms with Crippen LogP contribution in [0.1, 0.15) is 40.5 Å². The Morgan fingerprint density at radius 2 is 1.88 bits per heavy atom. The lowest BCUT2D eigenvalue weighted by Gasteiger charge is -2.46. The zero-order valence-electron chi connectivity index (χ0n) is 16.4. The molecule has 1 aliphatic rings. The molecule has 1 fully saturated rings. The van der Waals surface area contributed by atoms with Crippen molar-refractivity contribution in [2.45, 2.75) is 52.1 Å². The maximum absolute atomic E-state index is 11.5. The molecule has 6 heteroatoms. The number of hydrogen-bond donors (Lipinski definition) is 1. The van der Waals surface area contributed by atoms with Crippen LogP contribution >= 0.6 is 11.6 Å². The van der Waals surface area contributed by atoms with Gasteiger partial charge in [-0.1, -0.05) is 11.6 Å². The molecule has 1 saturated heterocycles. The van der Waals surface area contributed by atoms with Crippen LogP contribution in [0.25, 0.3) is 0 Å². The predicted molar refractivity (Wildman–Crippen MR) is 108 cm³/mol. The molecular weight excluding hydrogens is 350 g/mol. The number of piperazine rings is 1. The van der Waals surface area contributed by atoms with Crippen LogP contribution in [-0.4, -0.2) is 65.3 Å². The molecule has 146 valence electrons. The van der Waals surface area contributed by atoms with Crippen LogP contribution in [0, 0.1) is 0 Å². The molecule has 1 aliphatic heterocycles. The van der Waals surface area contributed by atoms with Gasteiger partial charge in [-0.3, -0.25) is 9.80 Å². The average molecular weight is 382 g/mol. The third kappa shape index (κ3) is 5.86. The minimum atomic E-state index is -0.917. The van der Waals surface area contributed by atoms with Gasteiger partial charge in [0.05, 0.1) is 0 Å². The van der Waals surface area contributed by atoms with Gasteiger partial charge in [0.15, 0.2) is 0 Å². The van der Waals surface area contributed by atoms with Crippen LogP contribution < -0.4 is 4.90 Å². The van der Waals surface area contributed by atoms with Crippen molar-refractivity contribution < 1.29 is 9.90 Å². The van der Waals surface area contributed by atoms with Gasteiger partial charge in [0.2, 0.25) is 0 Å². The first-order valence-electron chi connectivity index (χ1n) is 9.43. The van der Waals surface area contributed by atoms with Crippen molar-refractivity contribution in [1.82, 2.24) is 9.80 Å². The Kier molecular flexibility index (Phi) is 7.33. The lowest BCUT2D eigenvalue weighted by Crippen LogP contribution is -2.58. The number of rotatable bonds is 6. The third-order valence-corrected chi connectivity index (χ3v) is 5.30. The van der Waals surface area contributed by atoms with Crippen LogP contribution in [0.3, 0.4) is 0 Å². The Morgan fingerprint density at radius 3 is 2.42 bits per heavy atom. The molecule has 0 saturated carbocycles. The van der Waals surface area contributed by atoms with E-state index in [0.29, 0.717) is 23.3 Å². The molecule has 1 N–H and O–H groups in total. The topological polar surface area (TPSA) is 47.0 Å². The molecule has 0 radical (unpaired) electrons. The van der Waals surface area contributed by atoms with Gasteiger partial charge in [0, 0.05) is 48.5 Å². The van der Waals surface area contributed by atoms with Crippen LogP contribution in [-0.2, 0) is 0 Å². The third-order valence-electron chi connectivity index (χ3n) is 5.05. The fourth-order valence-corrected chi connectivity index (χ4v) is 3.92. The van der Waals surface area contributed by atoms with Crippen LogP contribution in [0.5, 0.6) is 0 Å². The van der Waals surface area contributed by atoms with Gasteiger partial charge in [-0.15, -0.1) is 0 Å². The molecule has 1 aromatic carbocycles. The van der Waals surface area contributed by atoms with E-state index in [9.17, 15) is 9.90 Å². The van der Waals surface area contributed by atoms with Crippen LogP contribution in [0.4, 0.5) is 10.5 Å². The summed E-state index contributed by atoms with van der Waals surface area (Å²) < 4.78 is 0. The first-order valence-corrected chi connectivity index (χ1v) is 9.81. The highest BCUT2D eigenvalue weighted by Gasteiger charge is 2.30. The Balaban J connectivity index is 1.77. The standard InChI is InChI=1S/C20H32ClN3O2/c1-16-15-22(13-14-24(16)20(2,3)4)11-5-6-12-23(19(25)26)18-9-7-17(21)8-10-18/h7-10,16H,5-6,11-15H2,1-4H3,(H,25,26). The lowest BCUT2D eigenvalue weighted by atomic mass is 10.0. The molecule has 5 nitrogen and oxygen atoms in total. The zero-order valence-corrected chi connectivity index (χ0v) is 17.2. The summed E-state index contributed by atoms with van der Waals surface area (Å²) in [4.78, 5) is 18.0. The second-order valence-corrected chi connectivity index (χ2v) is 8.57. The van der Waals surface area contributed by atoms with Crippen LogP contribution in [0.2, 0.25) is 5.02 Å². The molecular formula is C20H32ClN3O2. The van der Waals surface area contributed by atoms with Crippen molar-refractivity contribution in [3.05, 3.63) is 29.3 Å². The number of anilines is 1.